The molecule has 0 spiro atoms. The van der Waals surface area contributed by atoms with Gasteiger partial charge in [-0.3, -0.25) is 4.98 Å². The van der Waals surface area contributed by atoms with Crippen molar-refractivity contribution in [1.82, 2.24) is 4.98 Å². The summed E-state index contributed by atoms with van der Waals surface area (Å²) in [5, 5.41) is 13.4. The largest absolute Gasteiger partial charge is 0.355 e. The van der Waals surface area contributed by atoms with E-state index >= 15 is 0 Å². The van der Waals surface area contributed by atoms with E-state index in [0.717, 1.165) is 27.8 Å². The number of anilines is 2. The molecule has 96 valence electrons. The first-order valence-electron chi connectivity index (χ1n) is 6.39. The van der Waals surface area contributed by atoms with E-state index in [0.29, 0.717) is 5.56 Å². The molecular weight excluding hydrogens is 246 g/mol. The summed E-state index contributed by atoms with van der Waals surface area (Å²) in [5.41, 5.74) is 4.65. The molecule has 0 bridgehead atoms. The summed E-state index contributed by atoms with van der Waals surface area (Å²) in [6, 6.07) is 17.9. The van der Waals surface area contributed by atoms with Gasteiger partial charge in [0.25, 0.3) is 0 Å². The van der Waals surface area contributed by atoms with Crippen LogP contribution < -0.4 is 5.32 Å². The summed E-state index contributed by atoms with van der Waals surface area (Å²) in [6.45, 7) is 1.94. The van der Waals surface area contributed by atoms with Crippen molar-refractivity contribution in [3.8, 4) is 6.07 Å². The Morgan fingerprint density at radius 1 is 1.05 bits per heavy atom. The molecule has 3 nitrogen and oxygen atoms in total. The minimum absolute atomic E-state index is 0.707. The summed E-state index contributed by atoms with van der Waals surface area (Å²) in [5.74, 6) is 0. The molecule has 1 heterocycles. The highest BCUT2D eigenvalue weighted by atomic mass is 14.9. The molecule has 3 rings (SSSR count). The Balaban J connectivity index is 1.93. The van der Waals surface area contributed by atoms with E-state index < -0.39 is 0 Å². The van der Waals surface area contributed by atoms with Gasteiger partial charge in [0.1, 0.15) is 0 Å². The monoisotopic (exact) mass is 259 g/mol. The highest BCUT2D eigenvalue weighted by Gasteiger charge is 2.01. The standard InChI is InChI=1S/C17H13N3/c1-12-9-15(5-4-14(12)11-18)20-16-6-7-17-13(10-16)3-2-8-19-17/h2-10,20H,1H3. The SMILES string of the molecule is Cc1cc(Nc2ccc3ncccc3c2)ccc1C#N. The number of fused-ring (bicyclic) bond motifs is 1. The van der Waals surface area contributed by atoms with Crippen molar-refractivity contribution >= 4 is 22.3 Å². The second kappa shape index (κ2) is 5.02. The molecule has 20 heavy (non-hydrogen) atoms. The molecule has 2 aromatic carbocycles. The average Bonchev–Trinajstić information content (AvgIpc) is 2.47. The number of aryl methyl sites for hydroxylation is 1. The van der Waals surface area contributed by atoms with Gasteiger partial charge in [0.05, 0.1) is 17.1 Å². The van der Waals surface area contributed by atoms with Crippen molar-refractivity contribution in [1.29, 1.82) is 5.26 Å². The Morgan fingerprint density at radius 2 is 1.85 bits per heavy atom. The minimum Gasteiger partial charge on any atom is -0.355 e. The number of nitrogens with one attached hydrogen (secondary N) is 1. The van der Waals surface area contributed by atoms with Crippen LogP contribution in [-0.2, 0) is 0 Å². The quantitative estimate of drug-likeness (QED) is 0.751. The molecule has 0 fully saturated rings. The van der Waals surface area contributed by atoms with Gasteiger partial charge in [-0.2, -0.15) is 5.26 Å². The molecule has 0 radical (unpaired) electrons. The first-order valence-corrected chi connectivity index (χ1v) is 6.39. The van der Waals surface area contributed by atoms with Crippen LogP contribution in [0, 0.1) is 18.3 Å². The molecule has 0 atom stereocenters. The fourth-order valence-electron chi connectivity index (χ4n) is 2.19. The summed E-state index contributed by atoms with van der Waals surface area (Å²) in [7, 11) is 0. The topological polar surface area (TPSA) is 48.7 Å². The van der Waals surface area contributed by atoms with Crippen molar-refractivity contribution in [2.24, 2.45) is 0 Å². The number of nitriles is 1. The maximum Gasteiger partial charge on any atom is 0.0994 e. The first kappa shape index (κ1) is 12.2. The second-order valence-corrected chi connectivity index (χ2v) is 4.68. The first-order chi connectivity index (χ1) is 9.76. The van der Waals surface area contributed by atoms with Crippen molar-refractivity contribution in [3.05, 3.63) is 65.9 Å². The number of hydrogen-bond acceptors (Lipinski definition) is 3. The number of nitrogens with zero attached hydrogens (tertiary/aromatic N) is 2. The van der Waals surface area contributed by atoms with E-state index in [1.807, 2.05) is 49.4 Å². The Morgan fingerprint density at radius 3 is 2.65 bits per heavy atom. The average molecular weight is 259 g/mol. The van der Waals surface area contributed by atoms with Crippen LogP contribution in [0.3, 0.4) is 0 Å². The van der Waals surface area contributed by atoms with E-state index in [9.17, 15) is 0 Å². The van der Waals surface area contributed by atoms with E-state index in [2.05, 4.69) is 22.4 Å². The van der Waals surface area contributed by atoms with Gasteiger partial charge < -0.3 is 5.32 Å². The number of rotatable bonds is 2. The van der Waals surface area contributed by atoms with Crippen LogP contribution in [0.5, 0.6) is 0 Å². The van der Waals surface area contributed by atoms with E-state index in [1.54, 1.807) is 6.20 Å². The third-order valence-corrected chi connectivity index (χ3v) is 3.24. The summed E-state index contributed by atoms with van der Waals surface area (Å²) >= 11 is 0. The number of pyridine rings is 1. The fourth-order valence-corrected chi connectivity index (χ4v) is 2.19. The highest BCUT2D eigenvalue weighted by Crippen LogP contribution is 2.22. The lowest BCUT2D eigenvalue weighted by Crippen LogP contribution is -1.92. The normalized spacial score (nSPS) is 10.2. The molecular formula is C17H13N3. The Bertz CT molecular complexity index is 816. The van der Waals surface area contributed by atoms with Crippen LogP contribution in [-0.4, -0.2) is 4.98 Å². The van der Waals surface area contributed by atoms with Crippen molar-refractivity contribution in [2.45, 2.75) is 6.92 Å². The number of hydrogen-bond donors (Lipinski definition) is 1. The predicted molar refractivity (Wildman–Crippen MR) is 80.9 cm³/mol. The summed E-state index contributed by atoms with van der Waals surface area (Å²) in [4.78, 5) is 4.30. The zero-order chi connectivity index (χ0) is 13.9. The van der Waals surface area contributed by atoms with Crippen LogP contribution in [0.15, 0.2) is 54.7 Å². The lowest BCUT2D eigenvalue weighted by molar-refractivity contribution is 1.38. The number of aromatic nitrogens is 1. The van der Waals surface area contributed by atoms with Gasteiger partial charge in [-0.15, -0.1) is 0 Å². The molecule has 0 unspecified atom stereocenters. The Kier molecular flexibility index (Phi) is 3.06. The maximum atomic E-state index is 8.94. The van der Waals surface area contributed by atoms with Crippen molar-refractivity contribution in [3.63, 3.8) is 0 Å². The van der Waals surface area contributed by atoms with Crippen LogP contribution >= 0.6 is 0 Å². The van der Waals surface area contributed by atoms with Gasteiger partial charge in [-0.25, -0.2) is 0 Å². The lowest BCUT2D eigenvalue weighted by atomic mass is 10.1. The summed E-state index contributed by atoms with van der Waals surface area (Å²) < 4.78 is 0. The molecule has 1 N–H and O–H groups in total. The van der Waals surface area contributed by atoms with Crippen LogP contribution in [0.2, 0.25) is 0 Å². The fraction of sp³-hybridized carbons (Fsp3) is 0.0588. The number of benzene rings is 2. The smallest absolute Gasteiger partial charge is 0.0994 e. The van der Waals surface area contributed by atoms with Gasteiger partial charge in [0, 0.05) is 23.0 Å². The molecule has 0 saturated carbocycles. The van der Waals surface area contributed by atoms with E-state index in [1.165, 1.54) is 0 Å². The summed E-state index contributed by atoms with van der Waals surface area (Å²) in [6.07, 6.45) is 1.79. The van der Waals surface area contributed by atoms with Gasteiger partial charge in [0.15, 0.2) is 0 Å². The van der Waals surface area contributed by atoms with Crippen molar-refractivity contribution < 1.29 is 0 Å². The Hall–Kier alpha value is -2.86. The van der Waals surface area contributed by atoms with E-state index in [4.69, 9.17) is 5.26 Å². The van der Waals surface area contributed by atoms with Crippen LogP contribution in [0.25, 0.3) is 10.9 Å². The second-order valence-electron chi connectivity index (χ2n) is 4.68. The minimum atomic E-state index is 0.707. The highest BCUT2D eigenvalue weighted by molar-refractivity contribution is 5.83. The molecule has 0 aliphatic rings. The van der Waals surface area contributed by atoms with Gasteiger partial charge >= 0.3 is 0 Å². The van der Waals surface area contributed by atoms with Gasteiger partial charge in [-0.1, -0.05) is 6.07 Å². The third kappa shape index (κ3) is 2.32. The zero-order valence-electron chi connectivity index (χ0n) is 11.1. The molecule has 0 aliphatic carbocycles. The molecule has 1 aromatic heterocycles. The van der Waals surface area contributed by atoms with Crippen LogP contribution in [0.1, 0.15) is 11.1 Å². The molecule has 3 heteroatoms. The van der Waals surface area contributed by atoms with Crippen molar-refractivity contribution in [2.75, 3.05) is 5.32 Å². The zero-order valence-corrected chi connectivity index (χ0v) is 11.1. The van der Waals surface area contributed by atoms with E-state index in [-0.39, 0.29) is 0 Å². The van der Waals surface area contributed by atoms with Gasteiger partial charge in [-0.05, 0) is 55.0 Å². The molecule has 0 aliphatic heterocycles. The maximum absolute atomic E-state index is 8.94. The molecule has 3 aromatic rings. The Labute approximate surface area is 117 Å². The van der Waals surface area contributed by atoms with Crippen LogP contribution in [0.4, 0.5) is 11.4 Å². The van der Waals surface area contributed by atoms with Gasteiger partial charge in [0.2, 0.25) is 0 Å². The molecule has 0 amide bonds. The lowest BCUT2D eigenvalue weighted by Gasteiger charge is -2.09. The molecule has 0 saturated heterocycles. The third-order valence-electron chi connectivity index (χ3n) is 3.24. The predicted octanol–water partition coefficient (Wildman–Crippen LogP) is 4.16.